The second-order valence-corrected chi connectivity index (χ2v) is 6.58. The van der Waals surface area contributed by atoms with E-state index >= 15 is 0 Å². The zero-order chi connectivity index (χ0) is 17.2. The fourth-order valence-corrected chi connectivity index (χ4v) is 3.16. The summed E-state index contributed by atoms with van der Waals surface area (Å²) in [5, 5.41) is 0. The van der Waals surface area contributed by atoms with Crippen LogP contribution < -0.4 is 9.47 Å². The lowest BCUT2D eigenvalue weighted by atomic mass is 9.94. The molecule has 0 spiro atoms. The van der Waals surface area contributed by atoms with E-state index in [4.69, 9.17) is 9.47 Å². The van der Waals surface area contributed by atoms with Crippen molar-refractivity contribution in [1.82, 2.24) is 0 Å². The van der Waals surface area contributed by atoms with Crippen LogP contribution in [0.3, 0.4) is 0 Å². The number of rotatable bonds is 10. The Kier molecular flexibility index (Phi) is 7.67. The molecule has 1 atom stereocenters. The Balaban J connectivity index is 1.68. The molecule has 1 unspecified atom stereocenters. The predicted molar refractivity (Wildman–Crippen MR) is 101 cm³/mol. The van der Waals surface area contributed by atoms with Crippen molar-refractivity contribution in [1.29, 1.82) is 0 Å². The average Bonchev–Trinajstić information content (AvgIpc) is 2.62. The van der Waals surface area contributed by atoms with Crippen LogP contribution in [0.5, 0.6) is 11.5 Å². The summed E-state index contributed by atoms with van der Waals surface area (Å²) in [6.07, 6.45) is 7.48. The third-order valence-corrected chi connectivity index (χ3v) is 4.54. The average molecular weight is 326 g/mol. The third-order valence-electron chi connectivity index (χ3n) is 4.54. The van der Waals surface area contributed by atoms with Gasteiger partial charge in [0.15, 0.2) is 11.5 Å². The lowest BCUT2D eigenvalue weighted by molar-refractivity contribution is 0.354. The summed E-state index contributed by atoms with van der Waals surface area (Å²) in [5.41, 5.74) is 2.78. The summed E-state index contributed by atoms with van der Waals surface area (Å²) in [7, 11) is 3.37. The lowest BCUT2D eigenvalue weighted by Crippen LogP contribution is -2.01. The summed E-state index contributed by atoms with van der Waals surface area (Å²) in [6, 6.07) is 17.0. The number of benzene rings is 2. The molecule has 0 saturated heterocycles. The quantitative estimate of drug-likeness (QED) is 0.522. The molecule has 0 aliphatic heterocycles. The highest BCUT2D eigenvalue weighted by Gasteiger charge is 2.08. The van der Waals surface area contributed by atoms with Crippen LogP contribution in [0.25, 0.3) is 0 Å². The van der Waals surface area contributed by atoms with Crippen LogP contribution in [0, 0.1) is 5.92 Å². The Bertz CT molecular complexity index is 592. The molecule has 24 heavy (non-hydrogen) atoms. The van der Waals surface area contributed by atoms with E-state index in [1.807, 2.05) is 6.07 Å². The minimum absolute atomic E-state index is 0.694. The van der Waals surface area contributed by atoms with Gasteiger partial charge in [0.1, 0.15) is 0 Å². The van der Waals surface area contributed by atoms with Gasteiger partial charge in [0.25, 0.3) is 0 Å². The normalized spacial score (nSPS) is 12.0. The van der Waals surface area contributed by atoms with Gasteiger partial charge in [0.2, 0.25) is 0 Å². The molecule has 130 valence electrons. The number of ether oxygens (including phenoxy) is 2. The van der Waals surface area contributed by atoms with E-state index < -0.39 is 0 Å². The fraction of sp³-hybridized carbons (Fsp3) is 0.455. The van der Waals surface area contributed by atoms with Crippen molar-refractivity contribution in [2.75, 3.05) is 14.2 Å². The summed E-state index contributed by atoms with van der Waals surface area (Å²) in [6.45, 7) is 2.34. The van der Waals surface area contributed by atoms with Crippen molar-refractivity contribution < 1.29 is 9.47 Å². The monoisotopic (exact) mass is 326 g/mol. The molecule has 0 aliphatic carbocycles. The first-order valence-electron chi connectivity index (χ1n) is 8.97. The second-order valence-electron chi connectivity index (χ2n) is 6.58. The molecule has 2 heteroatoms. The molecule has 0 aromatic heterocycles. The van der Waals surface area contributed by atoms with E-state index in [2.05, 4.69) is 49.4 Å². The van der Waals surface area contributed by atoms with Gasteiger partial charge in [-0.25, -0.2) is 0 Å². The zero-order valence-corrected chi connectivity index (χ0v) is 15.3. The minimum atomic E-state index is 0.694. The molecule has 0 heterocycles. The van der Waals surface area contributed by atoms with Crippen LogP contribution in [0.1, 0.15) is 43.7 Å². The highest BCUT2D eigenvalue weighted by molar-refractivity contribution is 5.42. The molecular formula is C22H30O2. The largest absolute Gasteiger partial charge is 0.493 e. The van der Waals surface area contributed by atoms with Crippen molar-refractivity contribution in [2.24, 2.45) is 5.92 Å². The first-order valence-corrected chi connectivity index (χ1v) is 8.97. The zero-order valence-electron chi connectivity index (χ0n) is 15.3. The van der Waals surface area contributed by atoms with Crippen molar-refractivity contribution in [3.63, 3.8) is 0 Å². The number of unbranched alkanes of at least 4 members (excludes halogenated alkanes) is 2. The first-order chi connectivity index (χ1) is 11.7. The molecule has 2 rings (SSSR count). The molecule has 0 amide bonds. The summed E-state index contributed by atoms with van der Waals surface area (Å²) in [5.74, 6) is 2.32. The van der Waals surface area contributed by atoms with Crippen LogP contribution in [0.4, 0.5) is 0 Å². The SMILES string of the molecule is COc1ccc(CC(C)CCCCCc2ccccc2)cc1OC. The Hall–Kier alpha value is -1.96. The van der Waals surface area contributed by atoms with Crippen molar-refractivity contribution >= 4 is 0 Å². The first kappa shape index (κ1) is 18.4. The van der Waals surface area contributed by atoms with Crippen LogP contribution in [0.15, 0.2) is 48.5 Å². The highest BCUT2D eigenvalue weighted by Crippen LogP contribution is 2.29. The molecular weight excluding hydrogens is 296 g/mol. The maximum Gasteiger partial charge on any atom is 0.160 e. The van der Waals surface area contributed by atoms with Crippen LogP contribution in [-0.4, -0.2) is 14.2 Å². The van der Waals surface area contributed by atoms with E-state index in [1.165, 1.54) is 43.2 Å². The molecule has 0 N–H and O–H groups in total. The maximum atomic E-state index is 5.39. The van der Waals surface area contributed by atoms with Gasteiger partial charge < -0.3 is 9.47 Å². The van der Waals surface area contributed by atoms with Gasteiger partial charge in [-0.1, -0.05) is 62.6 Å². The smallest absolute Gasteiger partial charge is 0.160 e. The summed E-state index contributed by atoms with van der Waals surface area (Å²) < 4.78 is 10.7. The summed E-state index contributed by atoms with van der Waals surface area (Å²) >= 11 is 0. The Morgan fingerprint density at radius 1 is 0.792 bits per heavy atom. The van der Waals surface area contributed by atoms with Crippen molar-refractivity contribution in [3.8, 4) is 11.5 Å². The van der Waals surface area contributed by atoms with Crippen LogP contribution >= 0.6 is 0 Å². The van der Waals surface area contributed by atoms with E-state index in [9.17, 15) is 0 Å². The Morgan fingerprint density at radius 2 is 1.54 bits per heavy atom. The number of aryl methyl sites for hydroxylation is 1. The summed E-state index contributed by atoms with van der Waals surface area (Å²) in [4.78, 5) is 0. The molecule has 0 saturated carbocycles. The Labute approximate surface area is 146 Å². The molecule has 2 aromatic carbocycles. The van der Waals surface area contributed by atoms with Gasteiger partial charge in [0, 0.05) is 0 Å². The van der Waals surface area contributed by atoms with E-state index in [0.717, 1.165) is 17.9 Å². The minimum Gasteiger partial charge on any atom is -0.493 e. The van der Waals surface area contributed by atoms with Gasteiger partial charge in [-0.05, 0) is 48.4 Å². The molecule has 0 radical (unpaired) electrons. The lowest BCUT2D eigenvalue weighted by Gasteiger charge is -2.14. The molecule has 0 fully saturated rings. The third kappa shape index (κ3) is 5.92. The van der Waals surface area contributed by atoms with E-state index in [0.29, 0.717) is 5.92 Å². The number of methoxy groups -OCH3 is 2. The molecule has 0 aliphatic rings. The van der Waals surface area contributed by atoms with Crippen LogP contribution in [0.2, 0.25) is 0 Å². The standard InChI is InChI=1S/C22H30O2/c1-18(10-6-4-7-11-19-12-8-5-9-13-19)16-20-14-15-21(23-2)22(17-20)24-3/h5,8-9,12-15,17-18H,4,6-7,10-11,16H2,1-3H3. The number of hydrogen-bond donors (Lipinski definition) is 0. The van der Waals surface area contributed by atoms with Gasteiger partial charge in [-0.3, -0.25) is 0 Å². The number of hydrogen-bond acceptors (Lipinski definition) is 2. The van der Waals surface area contributed by atoms with Gasteiger partial charge in [0.05, 0.1) is 14.2 Å². The highest BCUT2D eigenvalue weighted by atomic mass is 16.5. The van der Waals surface area contributed by atoms with E-state index in [-0.39, 0.29) is 0 Å². The van der Waals surface area contributed by atoms with Crippen LogP contribution in [-0.2, 0) is 12.8 Å². The fourth-order valence-electron chi connectivity index (χ4n) is 3.16. The topological polar surface area (TPSA) is 18.5 Å². The van der Waals surface area contributed by atoms with Crippen molar-refractivity contribution in [3.05, 3.63) is 59.7 Å². The predicted octanol–water partition coefficient (Wildman–Crippen LogP) is 5.69. The molecule has 2 nitrogen and oxygen atoms in total. The molecule has 2 aromatic rings. The second kappa shape index (κ2) is 10.0. The van der Waals surface area contributed by atoms with Gasteiger partial charge in [-0.2, -0.15) is 0 Å². The molecule has 0 bridgehead atoms. The van der Waals surface area contributed by atoms with Gasteiger partial charge in [-0.15, -0.1) is 0 Å². The Morgan fingerprint density at radius 3 is 2.25 bits per heavy atom. The maximum absolute atomic E-state index is 5.39. The van der Waals surface area contributed by atoms with Crippen molar-refractivity contribution in [2.45, 2.75) is 45.4 Å². The van der Waals surface area contributed by atoms with Gasteiger partial charge >= 0.3 is 0 Å². The van der Waals surface area contributed by atoms with E-state index in [1.54, 1.807) is 14.2 Å².